The number of aliphatic hydroxyl groups excluding tert-OH is 1. The highest BCUT2D eigenvalue weighted by atomic mass is 16.3. The number of allylic oxidation sites excluding steroid dienone is 3. The molecule has 1 rings (SSSR count). The van der Waals surface area contributed by atoms with Gasteiger partial charge in [0.25, 0.3) is 0 Å². The van der Waals surface area contributed by atoms with Crippen LogP contribution in [-0.4, -0.2) is 27.5 Å². The van der Waals surface area contributed by atoms with Crippen LogP contribution in [-0.2, 0) is 0 Å². The lowest BCUT2D eigenvalue weighted by molar-refractivity contribution is 0.103. The first-order valence-corrected chi connectivity index (χ1v) is 10.5. The third-order valence-electron chi connectivity index (χ3n) is 4.24. The molecule has 0 spiro atoms. The summed E-state index contributed by atoms with van der Waals surface area (Å²) in [7, 11) is 0. The van der Waals surface area contributed by atoms with Crippen LogP contribution in [0.25, 0.3) is 0 Å². The maximum Gasteiger partial charge on any atom is 0.118 e. The Morgan fingerprint density at radius 1 is 1.17 bits per heavy atom. The van der Waals surface area contributed by atoms with Crippen molar-refractivity contribution in [3.63, 3.8) is 0 Å². The Balaban J connectivity index is 0. The third kappa shape index (κ3) is 18.0. The van der Waals surface area contributed by atoms with Gasteiger partial charge in [0.2, 0.25) is 0 Å². The second-order valence-corrected chi connectivity index (χ2v) is 7.97. The van der Waals surface area contributed by atoms with Gasteiger partial charge in [0.15, 0.2) is 0 Å². The van der Waals surface area contributed by atoms with Gasteiger partial charge in [-0.05, 0) is 76.5 Å². The predicted octanol–water partition coefficient (Wildman–Crippen LogP) is 6.83. The van der Waals surface area contributed by atoms with Crippen LogP contribution >= 0.6 is 0 Å². The Bertz CT molecular complexity index is 606. The molecule has 3 heteroatoms. The van der Waals surface area contributed by atoms with Gasteiger partial charge >= 0.3 is 0 Å². The van der Waals surface area contributed by atoms with Crippen LogP contribution in [0.4, 0.5) is 0 Å². The van der Waals surface area contributed by atoms with Crippen molar-refractivity contribution in [1.82, 2.24) is 0 Å². The minimum absolute atomic E-state index is 0.274. The predicted molar refractivity (Wildman–Crippen MR) is 128 cm³/mol. The largest absolute Gasteiger partial charge is 0.508 e. The molecular formula is C26H44O3. The highest BCUT2D eigenvalue weighted by molar-refractivity contribution is 5.36. The van der Waals surface area contributed by atoms with Crippen LogP contribution in [0.3, 0.4) is 0 Å². The molecule has 0 heterocycles. The van der Waals surface area contributed by atoms with Crippen molar-refractivity contribution in [1.29, 1.82) is 0 Å². The summed E-state index contributed by atoms with van der Waals surface area (Å²) < 4.78 is 0. The molecule has 0 saturated carbocycles. The molecule has 3 N–H and O–H groups in total. The maximum absolute atomic E-state index is 9.49. The molecule has 1 aromatic carbocycles. The number of hydrogen-bond donors (Lipinski definition) is 3. The summed E-state index contributed by atoms with van der Waals surface area (Å²) in [6, 6.07) is 5.84. The van der Waals surface area contributed by atoms with E-state index in [1.54, 1.807) is 13.0 Å². The molecule has 166 valence electrons. The lowest BCUT2D eigenvalue weighted by Crippen LogP contribution is -2.19. The molecule has 3 nitrogen and oxygen atoms in total. The van der Waals surface area contributed by atoms with Gasteiger partial charge in [-0.3, -0.25) is 0 Å². The van der Waals surface area contributed by atoms with Crippen LogP contribution in [0.5, 0.6) is 5.75 Å². The van der Waals surface area contributed by atoms with Gasteiger partial charge in [-0.25, -0.2) is 0 Å². The van der Waals surface area contributed by atoms with E-state index in [0.717, 1.165) is 31.2 Å². The van der Waals surface area contributed by atoms with Crippen LogP contribution in [0.2, 0.25) is 0 Å². The Kier molecular flexibility index (Phi) is 17.3. The van der Waals surface area contributed by atoms with Crippen molar-refractivity contribution < 1.29 is 15.3 Å². The standard InChI is InChI=1S/C10H14O.C10H18O.C6H12O/c1-7(2)9-5-4-8(3)10(11)6-9;1-5-10(4,11)8-6-7-9(2)3;1-2-3-4-5-6-7/h4-7,11H,1-3H3;5,7,11H,1,6,8H2,2-4H3;3-4,7H,2,5-6H2,1H3/b;;4-3-. The summed E-state index contributed by atoms with van der Waals surface area (Å²) in [5.41, 5.74) is 2.72. The first kappa shape index (κ1) is 29.4. The lowest BCUT2D eigenvalue weighted by atomic mass is 10.00. The summed E-state index contributed by atoms with van der Waals surface area (Å²) in [4.78, 5) is 0. The van der Waals surface area contributed by atoms with E-state index in [4.69, 9.17) is 5.11 Å². The van der Waals surface area contributed by atoms with Crippen molar-refractivity contribution in [2.24, 2.45) is 0 Å². The zero-order chi connectivity index (χ0) is 22.9. The van der Waals surface area contributed by atoms with Crippen molar-refractivity contribution in [3.8, 4) is 5.75 Å². The average Bonchev–Trinajstić information content (AvgIpc) is 2.65. The number of benzene rings is 1. The van der Waals surface area contributed by atoms with Gasteiger partial charge in [0, 0.05) is 6.61 Å². The van der Waals surface area contributed by atoms with Gasteiger partial charge in [-0.15, -0.1) is 6.58 Å². The zero-order valence-corrected chi connectivity index (χ0v) is 19.7. The number of phenols is 1. The minimum atomic E-state index is -0.702. The molecule has 0 aromatic heterocycles. The molecule has 1 aromatic rings. The molecule has 0 aliphatic carbocycles. The molecule has 0 aliphatic heterocycles. The summed E-state index contributed by atoms with van der Waals surface area (Å²) in [6.45, 7) is 17.9. The first-order valence-electron chi connectivity index (χ1n) is 10.5. The van der Waals surface area contributed by atoms with Crippen molar-refractivity contribution >= 4 is 0 Å². The molecule has 0 bridgehead atoms. The second kappa shape index (κ2) is 17.1. The number of rotatable bonds is 8. The van der Waals surface area contributed by atoms with E-state index in [-0.39, 0.29) is 6.61 Å². The first-order chi connectivity index (χ1) is 13.5. The van der Waals surface area contributed by atoms with E-state index < -0.39 is 5.60 Å². The number of aromatic hydroxyl groups is 1. The lowest BCUT2D eigenvalue weighted by Gasteiger charge is -2.16. The fraction of sp³-hybridized carbons (Fsp3) is 0.538. The second-order valence-electron chi connectivity index (χ2n) is 7.97. The number of phenolic OH excluding ortho intramolecular Hbond substituents is 1. The summed E-state index contributed by atoms with van der Waals surface area (Å²) in [6.07, 6.45) is 11.3. The van der Waals surface area contributed by atoms with E-state index in [0.29, 0.717) is 11.7 Å². The fourth-order valence-corrected chi connectivity index (χ4v) is 2.10. The van der Waals surface area contributed by atoms with Crippen molar-refractivity contribution in [2.75, 3.05) is 6.61 Å². The Hall–Kier alpha value is -1.84. The Morgan fingerprint density at radius 2 is 1.79 bits per heavy atom. The molecule has 29 heavy (non-hydrogen) atoms. The highest BCUT2D eigenvalue weighted by Crippen LogP contribution is 2.22. The van der Waals surface area contributed by atoms with Gasteiger partial charge in [-0.1, -0.05) is 62.8 Å². The quantitative estimate of drug-likeness (QED) is 0.416. The highest BCUT2D eigenvalue weighted by Gasteiger charge is 2.12. The monoisotopic (exact) mass is 404 g/mol. The van der Waals surface area contributed by atoms with Gasteiger partial charge < -0.3 is 15.3 Å². The van der Waals surface area contributed by atoms with Gasteiger partial charge in [-0.2, -0.15) is 0 Å². The summed E-state index contributed by atoms with van der Waals surface area (Å²) >= 11 is 0. The van der Waals surface area contributed by atoms with E-state index in [9.17, 15) is 10.2 Å². The maximum atomic E-state index is 9.49. The van der Waals surface area contributed by atoms with E-state index >= 15 is 0 Å². The zero-order valence-electron chi connectivity index (χ0n) is 19.7. The fourth-order valence-electron chi connectivity index (χ4n) is 2.10. The molecule has 0 aliphatic rings. The summed E-state index contributed by atoms with van der Waals surface area (Å²) in [5, 5.41) is 27.1. The topological polar surface area (TPSA) is 60.7 Å². The van der Waals surface area contributed by atoms with Crippen LogP contribution < -0.4 is 0 Å². The van der Waals surface area contributed by atoms with Crippen LogP contribution in [0.1, 0.15) is 84.3 Å². The molecule has 0 amide bonds. The van der Waals surface area contributed by atoms with Crippen LogP contribution in [0.15, 0.2) is 54.7 Å². The van der Waals surface area contributed by atoms with Crippen molar-refractivity contribution in [3.05, 3.63) is 65.8 Å². The number of aliphatic hydroxyl groups is 2. The SMILES string of the molecule is C=CC(C)(O)CCC=C(C)C.CC/C=C\CCO.Cc1ccc(C(C)C)cc1O. The van der Waals surface area contributed by atoms with Crippen molar-refractivity contribution in [2.45, 2.75) is 85.7 Å². The van der Waals surface area contributed by atoms with E-state index in [1.807, 2.05) is 25.1 Å². The Morgan fingerprint density at radius 3 is 2.21 bits per heavy atom. The number of aryl methyl sites for hydroxylation is 1. The molecular weight excluding hydrogens is 360 g/mol. The van der Waals surface area contributed by atoms with E-state index in [1.165, 1.54) is 11.1 Å². The number of hydrogen-bond acceptors (Lipinski definition) is 3. The average molecular weight is 405 g/mol. The molecule has 1 unspecified atom stereocenters. The summed E-state index contributed by atoms with van der Waals surface area (Å²) in [5.74, 6) is 0.887. The molecule has 1 atom stereocenters. The molecule has 0 saturated heterocycles. The third-order valence-corrected chi connectivity index (χ3v) is 4.24. The van der Waals surface area contributed by atoms with Gasteiger partial charge in [0.1, 0.15) is 5.75 Å². The molecule has 0 fully saturated rings. The molecule has 0 radical (unpaired) electrons. The smallest absolute Gasteiger partial charge is 0.118 e. The Labute approximate surface area is 179 Å². The van der Waals surface area contributed by atoms with Crippen LogP contribution in [0, 0.1) is 6.92 Å². The van der Waals surface area contributed by atoms with Gasteiger partial charge in [0.05, 0.1) is 5.60 Å². The van der Waals surface area contributed by atoms with E-state index in [2.05, 4.69) is 59.4 Å². The normalized spacial score (nSPS) is 12.3. The minimum Gasteiger partial charge on any atom is -0.508 e.